The van der Waals surface area contributed by atoms with E-state index in [1.54, 1.807) is 12.5 Å². The highest BCUT2D eigenvalue weighted by Gasteiger charge is 2.26. The maximum atomic E-state index is 12.7. The van der Waals surface area contributed by atoms with Gasteiger partial charge in [0.05, 0.1) is 19.5 Å². The molecule has 1 rings (SSSR count). The summed E-state index contributed by atoms with van der Waals surface area (Å²) in [7, 11) is -4.43. The molecule has 2 atom stereocenters. The Kier molecular flexibility index (Phi) is 37.1. The first-order valence-corrected chi connectivity index (χ1v) is 25.0. The van der Waals surface area contributed by atoms with Gasteiger partial charge in [0.1, 0.15) is 6.61 Å². The lowest BCUT2D eigenvalue weighted by atomic mass is 10.0. The molecule has 0 saturated carbocycles. The van der Waals surface area contributed by atoms with Crippen LogP contribution in [0.15, 0.2) is 12.5 Å². The number of phosphoric ester groups is 1. The van der Waals surface area contributed by atoms with Crippen LogP contribution >= 0.6 is 7.82 Å². The van der Waals surface area contributed by atoms with Gasteiger partial charge in [-0.25, -0.2) is 9.55 Å². The third-order valence-corrected chi connectivity index (χ3v) is 11.5. The summed E-state index contributed by atoms with van der Waals surface area (Å²) < 4.78 is 33.8. The van der Waals surface area contributed by atoms with Crippen LogP contribution in [-0.4, -0.2) is 59.3 Å². The van der Waals surface area contributed by atoms with E-state index in [0.29, 0.717) is 19.5 Å². The highest BCUT2D eigenvalue weighted by Crippen LogP contribution is 2.43. The van der Waals surface area contributed by atoms with E-state index in [-0.39, 0.29) is 32.0 Å². The van der Waals surface area contributed by atoms with Crippen LogP contribution < -0.4 is 5.32 Å². The van der Waals surface area contributed by atoms with Crippen molar-refractivity contribution in [2.45, 2.75) is 232 Å². The molecule has 12 heteroatoms. The zero-order valence-electron chi connectivity index (χ0n) is 36.6. The second-order valence-electron chi connectivity index (χ2n) is 16.0. The van der Waals surface area contributed by atoms with Crippen LogP contribution in [0.5, 0.6) is 0 Å². The average molecular weight is 828 g/mol. The maximum absolute atomic E-state index is 12.7. The fourth-order valence-electron chi connectivity index (χ4n) is 6.95. The smallest absolute Gasteiger partial charge is 0.462 e. The molecule has 0 aliphatic rings. The van der Waals surface area contributed by atoms with Crippen molar-refractivity contribution in [3.63, 3.8) is 0 Å². The van der Waals surface area contributed by atoms with Crippen molar-refractivity contribution < 1.29 is 37.6 Å². The molecule has 3 N–H and O–H groups in total. The van der Waals surface area contributed by atoms with E-state index in [1.165, 1.54) is 154 Å². The molecule has 57 heavy (non-hydrogen) atoms. The van der Waals surface area contributed by atoms with Crippen LogP contribution in [0.25, 0.3) is 0 Å². The first-order valence-electron chi connectivity index (χ1n) is 23.5. The number of H-pyrrole nitrogens is 1. The van der Waals surface area contributed by atoms with E-state index in [2.05, 4.69) is 29.1 Å². The van der Waals surface area contributed by atoms with Crippen LogP contribution in [0.1, 0.15) is 225 Å². The quantitative estimate of drug-likeness (QED) is 0.0330. The molecule has 0 aliphatic heterocycles. The zero-order valence-corrected chi connectivity index (χ0v) is 37.5. The highest BCUT2D eigenvalue weighted by atomic mass is 31.2. The molecule has 0 fully saturated rings. The van der Waals surface area contributed by atoms with Gasteiger partial charge in [0.2, 0.25) is 0 Å². The van der Waals surface area contributed by atoms with E-state index in [9.17, 15) is 19.0 Å². The minimum Gasteiger partial charge on any atom is -0.462 e. The van der Waals surface area contributed by atoms with Gasteiger partial charge >= 0.3 is 19.8 Å². The Morgan fingerprint density at radius 3 is 1.47 bits per heavy atom. The minimum absolute atomic E-state index is 0.0696. The molecule has 0 amide bonds. The second kappa shape index (κ2) is 39.7. The Bertz CT molecular complexity index is 1080. The van der Waals surface area contributed by atoms with Gasteiger partial charge in [-0.3, -0.25) is 18.6 Å². The number of ether oxygens (including phenoxy) is 2. The number of phosphoric acid groups is 1. The van der Waals surface area contributed by atoms with Gasteiger partial charge in [-0.15, -0.1) is 0 Å². The molecule has 0 radical (unpaired) electrons. The molecular formula is C45H86N3O8P. The monoisotopic (exact) mass is 828 g/mol. The predicted octanol–water partition coefficient (Wildman–Crippen LogP) is 12.6. The zero-order chi connectivity index (χ0) is 41.3. The van der Waals surface area contributed by atoms with Gasteiger partial charge in [-0.1, -0.05) is 194 Å². The van der Waals surface area contributed by atoms with E-state index in [4.69, 9.17) is 18.5 Å². The molecule has 0 spiro atoms. The molecular weight excluding hydrogens is 741 g/mol. The van der Waals surface area contributed by atoms with Crippen LogP contribution in [0.2, 0.25) is 0 Å². The van der Waals surface area contributed by atoms with Gasteiger partial charge in [0.15, 0.2) is 6.10 Å². The first kappa shape index (κ1) is 53.2. The van der Waals surface area contributed by atoms with Crippen molar-refractivity contribution in [3.8, 4) is 0 Å². The largest absolute Gasteiger partial charge is 0.472 e. The van der Waals surface area contributed by atoms with Gasteiger partial charge in [0.25, 0.3) is 0 Å². The fourth-order valence-corrected chi connectivity index (χ4v) is 7.70. The summed E-state index contributed by atoms with van der Waals surface area (Å²) >= 11 is 0. The van der Waals surface area contributed by atoms with Crippen LogP contribution in [0.3, 0.4) is 0 Å². The van der Waals surface area contributed by atoms with Crippen LogP contribution in [-0.2, 0) is 39.2 Å². The standard InChI is InChI=1S/C45H86N3O8P/c1-3-5-7-9-11-13-15-17-19-21-23-25-27-29-31-33-44(49)53-39-43(40-55-57(51,52)54-36-35-46-37-42-38-47-41-48-42)56-45(50)34-32-30-28-26-24-22-20-18-16-14-12-10-8-6-4-2/h38,41,43,46H,3-37,39-40H2,1-2H3,(H,47,48)(H,51,52). The van der Waals surface area contributed by atoms with E-state index < -0.39 is 26.5 Å². The lowest BCUT2D eigenvalue weighted by Crippen LogP contribution is -2.29. The summed E-state index contributed by atoms with van der Waals surface area (Å²) in [6, 6.07) is 0. The highest BCUT2D eigenvalue weighted by molar-refractivity contribution is 7.47. The number of nitrogens with zero attached hydrogens (tertiary/aromatic N) is 1. The Hall–Kier alpha value is -1.78. The third-order valence-electron chi connectivity index (χ3n) is 10.5. The summed E-state index contributed by atoms with van der Waals surface area (Å²) in [4.78, 5) is 42.4. The Labute approximate surface area is 348 Å². The number of aromatic nitrogens is 2. The van der Waals surface area contributed by atoms with Crippen LogP contribution in [0, 0.1) is 0 Å². The number of unbranched alkanes of at least 4 members (excludes halogenated alkanes) is 28. The minimum atomic E-state index is -4.43. The molecule has 2 unspecified atom stereocenters. The molecule has 0 aromatic carbocycles. The first-order chi connectivity index (χ1) is 27.9. The van der Waals surface area contributed by atoms with Gasteiger partial charge < -0.3 is 24.7 Å². The van der Waals surface area contributed by atoms with Crippen molar-refractivity contribution in [2.75, 3.05) is 26.4 Å². The lowest BCUT2D eigenvalue weighted by Gasteiger charge is -2.20. The molecule has 1 aromatic rings. The van der Waals surface area contributed by atoms with E-state index in [1.807, 2.05) is 0 Å². The summed E-state index contributed by atoms with van der Waals surface area (Å²) in [5, 5.41) is 3.07. The SMILES string of the molecule is CCCCCCCCCCCCCCCCCC(=O)OCC(COP(=O)(O)OCCNCc1cnc[nH]1)OC(=O)CCCCCCCCCCCCCCCCC. The number of hydrogen-bond acceptors (Lipinski definition) is 9. The van der Waals surface area contributed by atoms with Crippen molar-refractivity contribution in [1.82, 2.24) is 15.3 Å². The van der Waals surface area contributed by atoms with Crippen molar-refractivity contribution in [2.24, 2.45) is 0 Å². The molecule has 0 aliphatic carbocycles. The lowest BCUT2D eigenvalue weighted by molar-refractivity contribution is -0.161. The average Bonchev–Trinajstić information content (AvgIpc) is 3.72. The molecule has 334 valence electrons. The normalized spacial score (nSPS) is 13.1. The fraction of sp³-hybridized carbons (Fsp3) is 0.889. The van der Waals surface area contributed by atoms with Gasteiger partial charge in [-0.2, -0.15) is 0 Å². The van der Waals surface area contributed by atoms with E-state index in [0.717, 1.165) is 37.8 Å². The number of esters is 2. The summed E-state index contributed by atoms with van der Waals surface area (Å²) in [6.45, 7) is 4.59. The molecule has 11 nitrogen and oxygen atoms in total. The van der Waals surface area contributed by atoms with Crippen LogP contribution in [0.4, 0.5) is 0 Å². The number of rotatable bonds is 44. The van der Waals surface area contributed by atoms with Crippen molar-refractivity contribution in [3.05, 3.63) is 18.2 Å². The van der Waals surface area contributed by atoms with Crippen molar-refractivity contribution >= 4 is 19.8 Å². The molecule has 1 heterocycles. The number of carbonyl (C=O) groups excluding carboxylic acids is 2. The van der Waals surface area contributed by atoms with Crippen molar-refractivity contribution in [1.29, 1.82) is 0 Å². The molecule has 0 bridgehead atoms. The molecule has 0 saturated heterocycles. The van der Waals surface area contributed by atoms with E-state index >= 15 is 0 Å². The number of nitrogens with one attached hydrogen (secondary N) is 2. The summed E-state index contributed by atoms with van der Waals surface area (Å²) in [6.07, 6.45) is 40.1. The summed E-state index contributed by atoms with van der Waals surface area (Å²) in [5.41, 5.74) is 0.876. The Morgan fingerprint density at radius 1 is 0.632 bits per heavy atom. The Balaban J connectivity index is 2.28. The number of imidazole rings is 1. The third kappa shape index (κ3) is 37.0. The van der Waals surface area contributed by atoms with Gasteiger partial charge in [0, 0.05) is 37.8 Å². The summed E-state index contributed by atoms with van der Waals surface area (Å²) in [5.74, 6) is -0.812. The second-order valence-corrected chi connectivity index (χ2v) is 17.5. The topological polar surface area (TPSA) is 149 Å². The maximum Gasteiger partial charge on any atom is 0.472 e. The number of carbonyl (C=O) groups is 2. The van der Waals surface area contributed by atoms with Gasteiger partial charge in [-0.05, 0) is 12.8 Å². The molecule has 1 aromatic heterocycles. The number of aromatic amines is 1. The predicted molar refractivity (Wildman–Crippen MR) is 232 cm³/mol. The number of hydrogen-bond donors (Lipinski definition) is 3. The Morgan fingerprint density at radius 2 is 1.05 bits per heavy atom.